The molecule has 4 atom stereocenters. The second kappa shape index (κ2) is 1.39. The standard InChI is InChI=1S/C10H16O/c1-9(2)6-4-7(9)10(3)8(5-6)11-10/h6-8H,4-5H2,1-3H3/t6?,7?,8?,10-/m1/s1. The zero-order valence-electron chi connectivity index (χ0n) is 7.55. The molecule has 1 saturated heterocycles. The molecule has 11 heavy (non-hydrogen) atoms. The molecule has 3 unspecified atom stereocenters. The van der Waals surface area contributed by atoms with E-state index >= 15 is 0 Å². The van der Waals surface area contributed by atoms with E-state index in [2.05, 4.69) is 20.8 Å². The smallest absolute Gasteiger partial charge is 0.0953 e. The van der Waals surface area contributed by atoms with Crippen molar-refractivity contribution in [2.24, 2.45) is 17.3 Å². The number of ether oxygens (including phenoxy) is 1. The van der Waals surface area contributed by atoms with Crippen LogP contribution in [-0.4, -0.2) is 11.7 Å². The fourth-order valence-electron chi connectivity index (χ4n) is 3.51. The Morgan fingerprint density at radius 1 is 1.18 bits per heavy atom. The Morgan fingerprint density at radius 2 is 1.91 bits per heavy atom. The molecule has 4 aliphatic rings. The predicted octanol–water partition coefficient (Wildman–Crippen LogP) is 2.21. The van der Waals surface area contributed by atoms with Gasteiger partial charge in [0.15, 0.2) is 0 Å². The summed E-state index contributed by atoms with van der Waals surface area (Å²) in [6, 6.07) is 0. The maximum atomic E-state index is 5.75. The fraction of sp³-hybridized carbons (Fsp3) is 1.00. The SMILES string of the molecule is CC1(C)C2CC3O[C@]3(C)C1C2. The molecule has 1 nitrogen and oxygen atoms in total. The molecule has 4 rings (SSSR count). The summed E-state index contributed by atoms with van der Waals surface area (Å²) in [6.45, 7) is 7.13. The molecule has 0 N–H and O–H groups in total. The largest absolute Gasteiger partial charge is 0.366 e. The highest BCUT2D eigenvalue weighted by atomic mass is 16.6. The highest BCUT2D eigenvalue weighted by Gasteiger charge is 2.72. The Labute approximate surface area is 68.1 Å². The van der Waals surface area contributed by atoms with Gasteiger partial charge in [0, 0.05) is 0 Å². The second-order valence-corrected chi connectivity index (χ2v) is 5.33. The van der Waals surface area contributed by atoms with Crippen LogP contribution in [0.1, 0.15) is 33.6 Å². The Hall–Kier alpha value is -0.0400. The van der Waals surface area contributed by atoms with Gasteiger partial charge in [0.25, 0.3) is 0 Å². The molecular weight excluding hydrogens is 136 g/mol. The van der Waals surface area contributed by atoms with Gasteiger partial charge in [-0.1, -0.05) is 13.8 Å². The van der Waals surface area contributed by atoms with Crippen molar-refractivity contribution in [3.63, 3.8) is 0 Å². The maximum absolute atomic E-state index is 5.75. The third-order valence-electron chi connectivity index (χ3n) is 4.64. The normalized spacial score (nSPS) is 63.0. The lowest BCUT2D eigenvalue weighted by Gasteiger charge is -2.57. The summed E-state index contributed by atoms with van der Waals surface area (Å²) >= 11 is 0. The first kappa shape index (κ1) is 6.47. The third kappa shape index (κ3) is 0.516. The predicted molar refractivity (Wildman–Crippen MR) is 43.3 cm³/mol. The molecule has 0 aromatic rings. The summed E-state index contributed by atoms with van der Waals surface area (Å²) in [5.41, 5.74) is 0.889. The van der Waals surface area contributed by atoms with E-state index in [-0.39, 0.29) is 0 Å². The second-order valence-electron chi connectivity index (χ2n) is 5.33. The Balaban J connectivity index is 1.98. The van der Waals surface area contributed by atoms with Gasteiger partial charge in [0.1, 0.15) is 0 Å². The van der Waals surface area contributed by atoms with E-state index < -0.39 is 0 Å². The molecule has 0 spiro atoms. The van der Waals surface area contributed by atoms with Crippen LogP contribution in [0.5, 0.6) is 0 Å². The molecule has 62 valence electrons. The molecule has 3 aliphatic carbocycles. The van der Waals surface area contributed by atoms with Gasteiger partial charge in [-0.05, 0) is 37.0 Å². The van der Waals surface area contributed by atoms with E-state index in [0.29, 0.717) is 17.1 Å². The van der Waals surface area contributed by atoms with Gasteiger partial charge >= 0.3 is 0 Å². The molecule has 0 radical (unpaired) electrons. The van der Waals surface area contributed by atoms with Gasteiger partial charge in [-0.15, -0.1) is 0 Å². The summed E-state index contributed by atoms with van der Waals surface area (Å²) in [4.78, 5) is 0. The van der Waals surface area contributed by atoms with E-state index in [1.165, 1.54) is 12.8 Å². The fourth-order valence-corrected chi connectivity index (χ4v) is 3.51. The summed E-state index contributed by atoms with van der Waals surface area (Å²) in [5.74, 6) is 1.83. The summed E-state index contributed by atoms with van der Waals surface area (Å²) in [5, 5.41) is 0. The van der Waals surface area contributed by atoms with Crippen LogP contribution in [0.4, 0.5) is 0 Å². The highest BCUT2D eigenvalue weighted by Crippen LogP contribution is 2.70. The van der Waals surface area contributed by atoms with Crippen LogP contribution < -0.4 is 0 Å². The van der Waals surface area contributed by atoms with E-state index in [1.807, 2.05) is 0 Å². The Morgan fingerprint density at radius 3 is 2.36 bits per heavy atom. The topological polar surface area (TPSA) is 12.5 Å². The average molecular weight is 152 g/mol. The lowest BCUT2D eigenvalue weighted by molar-refractivity contribution is -0.0789. The number of hydrogen-bond donors (Lipinski definition) is 0. The van der Waals surface area contributed by atoms with Crippen LogP contribution >= 0.6 is 0 Å². The summed E-state index contributed by atoms with van der Waals surface area (Å²) in [7, 11) is 0. The number of hydrogen-bond acceptors (Lipinski definition) is 1. The zero-order chi connectivity index (χ0) is 7.85. The van der Waals surface area contributed by atoms with Gasteiger partial charge in [0.2, 0.25) is 0 Å². The molecule has 0 aromatic heterocycles. The summed E-state index contributed by atoms with van der Waals surface area (Å²) in [6.07, 6.45) is 3.40. The van der Waals surface area contributed by atoms with Crippen LogP contribution in [0, 0.1) is 17.3 Å². The Bertz CT molecular complexity index is 216. The van der Waals surface area contributed by atoms with Gasteiger partial charge in [-0.3, -0.25) is 0 Å². The minimum absolute atomic E-state index is 0.304. The van der Waals surface area contributed by atoms with Crippen molar-refractivity contribution in [1.29, 1.82) is 0 Å². The first-order valence-electron chi connectivity index (χ1n) is 4.73. The van der Waals surface area contributed by atoms with E-state index in [9.17, 15) is 0 Å². The average Bonchev–Trinajstić information content (AvgIpc) is 2.58. The van der Waals surface area contributed by atoms with E-state index in [1.54, 1.807) is 0 Å². The van der Waals surface area contributed by atoms with Crippen molar-refractivity contribution < 1.29 is 4.74 Å². The van der Waals surface area contributed by atoms with Crippen LogP contribution in [0.15, 0.2) is 0 Å². The van der Waals surface area contributed by atoms with Crippen molar-refractivity contribution in [2.45, 2.75) is 45.3 Å². The number of epoxide rings is 1. The van der Waals surface area contributed by atoms with Crippen LogP contribution in [0.25, 0.3) is 0 Å². The molecule has 0 amide bonds. The molecule has 1 heterocycles. The van der Waals surface area contributed by atoms with Gasteiger partial charge in [-0.25, -0.2) is 0 Å². The van der Waals surface area contributed by atoms with Crippen molar-refractivity contribution in [3.05, 3.63) is 0 Å². The van der Waals surface area contributed by atoms with Gasteiger partial charge in [0.05, 0.1) is 11.7 Å². The van der Waals surface area contributed by atoms with Crippen molar-refractivity contribution >= 4 is 0 Å². The van der Waals surface area contributed by atoms with Gasteiger partial charge < -0.3 is 4.74 Å². The minimum atomic E-state index is 0.304. The van der Waals surface area contributed by atoms with E-state index in [4.69, 9.17) is 4.74 Å². The molecule has 0 aromatic carbocycles. The molecule has 3 saturated carbocycles. The first-order valence-corrected chi connectivity index (χ1v) is 4.73. The van der Waals surface area contributed by atoms with Gasteiger partial charge in [-0.2, -0.15) is 0 Å². The molecule has 1 heteroatoms. The monoisotopic (exact) mass is 152 g/mol. The number of rotatable bonds is 0. The van der Waals surface area contributed by atoms with Crippen LogP contribution in [0.2, 0.25) is 0 Å². The summed E-state index contributed by atoms with van der Waals surface area (Å²) < 4.78 is 5.75. The maximum Gasteiger partial charge on any atom is 0.0953 e. The quantitative estimate of drug-likeness (QED) is 0.485. The Kier molecular flexibility index (Phi) is 0.820. The zero-order valence-corrected chi connectivity index (χ0v) is 7.55. The molecule has 2 bridgehead atoms. The van der Waals surface area contributed by atoms with E-state index in [0.717, 1.165) is 11.8 Å². The first-order chi connectivity index (χ1) is 5.05. The highest BCUT2D eigenvalue weighted by molar-refractivity contribution is 5.20. The lowest BCUT2D eigenvalue weighted by atomic mass is 9.46. The third-order valence-corrected chi connectivity index (χ3v) is 4.64. The molecular formula is C10H16O. The van der Waals surface area contributed by atoms with Crippen molar-refractivity contribution in [1.82, 2.24) is 0 Å². The van der Waals surface area contributed by atoms with Crippen LogP contribution in [0.3, 0.4) is 0 Å². The van der Waals surface area contributed by atoms with Crippen LogP contribution in [-0.2, 0) is 4.74 Å². The molecule has 1 aliphatic heterocycles. The van der Waals surface area contributed by atoms with Crippen molar-refractivity contribution in [3.8, 4) is 0 Å². The lowest BCUT2D eigenvalue weighted by Crippen LogP contribution is -2.56. The molecule has 4 fully saturated rings. The minimum Gasteiger partial charge on any atom is -0.366 e. The van der Waals surface area contributed by atoms with Crippen molar-refractivity contribution in [2.75, 3.05) is 0 Å².